The molecule has 0 spiro atoms. The second-order valence-electron chi connectivity index (χ2n) is 8.77. The van der Waals surface area contributed by atoms with Crippen molar-refractivity contribution < 1.29 is 34.2 Å². The molecule has 41 heavy (non-hydrogen) atoms. The number of oxime groups is 1. The van der Waals surface area contributed by atoms with Gasteiger partial charge in [0.15, 0.2) is 5.13 Å². The number of amides is 2. The van der Waals surface area contributed by atoms with Gasteiger partial charge >= 0.3 is 11.9 Å². The third-order valence-corrected chi connectivity index (χ3v) is 9.36. The topological polar surface area (TPSA) is 241 Å². The fourth-order valence-electron chi connectivity index (χ4n) is 3.99. The molecular weight excluding hydrogens is 600 g/mol. The average molecular weight is 621 g/mol. The van der Waals surface area contributed by atoms with Crippen LogP contribution in [0, 0.1) is 5.41 Å². The third kappa shape index (κ3) is 5.79. The minimum atomic E-state index is -1.32. The fraction of sp³-hybridized carbons (Fsp3) is 0.333. The van der Waals surface area contributed by atoms with E-state index >= 15 is 0 Å². The van der Waals surface area contributed by atoms with Gasteiger partial charge in [-0.25, -0.2) is 4.79 Å². The number of para-hydroxylation sites is 1. The molecule has 4 heterocycles. The molecule has 2 amide bonds. The number of tetrazole rings is 1. The number of rotatable bonds is 11. The van der Waals surface area contributed by atoms with E-state index in [1.807, 2.05) is 30.3 Å². The van der Waals surface area contributed by atoms with Gasteiger partial charge in [-0.2, -0.15) is 14.0 Å². The molecular formula is C21H20N10O7S3. The SMILES string of the molecule is Nc1nc(C(=NOCC(=O)O)C(=O)NC2C(=O)N3CC(CSc4nnnn4-c4ccccc4)(C(=O)O)CS[C@H]23)ns1. The van der Waals surface area contributed by atoms with Gasteiger partial charge in [0.25, 0.3) is 5.91 Å². The highest BCUT2D eigenvalue weighted by atomic mass is 32.2. The highest BCUT2D eigenvalue weighted by Gasteiger charge is 2.57. The number of β-lactam (4-membered cyclic amide) rings is 1. The van der Waals surface area contributed by atoms with Crippen molar-refractivity contribution in [2.45, 2.75) is 16.6 Å². The van der Waals surface area contributed by atoms with Crippen molar-refractivity contribution in [3.63, 3.8) is 0 Å². The maximum Gasteiger partial charge on any atom is 0.344 e. The monoisotopic (exact) mass is 620 g/mol. The van der Waals surface area contributed by atoms with Crippen LogP contribution in [0.4, 0.5) is 5.13 Å². The quantitative estimate of drug-likeness (QED) is 0.0884. The Labute approximate surface area is 242 Å². The lowest BCUT2D eigenvalue weighted by molar-refractivity contribution is -0.157. The van der Waals surface area contributed by atoms with Gasteiger partial charge in [0.05, 0.1) is 5.69 Å². The summed E-state index contributed by atoms with van der Waals surface area (Å²) in [4.78, 5) is 59.2. The van der Waals surface area contributed by atoms with Crippen LogP contribution in [0.5, 0.6) is 0 Å². The van der Waals surface area contributed by atoms with E-state index in [-0.39, 0.29) is 29.0 Å². The summed E-state index contributed by atoms with van der Waals surface area (Å²) in [5.74, 6) is -3.73. The molecule has 3 atom stereocenters. The first-order valence-corrected chi connectivity index (χ1v) is 14.4. The number of nitrogens with one attached hydrogen (secondary N) is 1. The van der Waals surface area contributed by atoms with E-state index in [9.17, 15) is 24.3 Å². The summed E-state index contributed by atoms with van der Waals surface area (Å²) in [6.07, 6.45) is 0. The first-order chi connectivity index (χ1) is 19.7. The number of nitrogen functional groups attached to an aromatic ring is 1. The lowest BCUT2D eigenvalue weighted by Crippen LogP contribution is -2.74. The molecule has 2 aliphatic heterocycles. The number of anilines is 1. The number of thioether (sulfide) groups is 2. The van der Waals surface area contributed by atoms with E-state index in [0.717, 1.165) is 11.5 Å². The van der Waals surface area contributed by atoms with Crippen molar-refractivity contribution in [2.24, 2.45) is 10.6 Å². The van der Waals surface area contributed by atoms with Gasteiger partial charge in [-0.3, -0.25) is 14.4 Å². The summed E-state index contributed by atoms with van der Waals surface area (Å²) in [5.41, 5.74) is 4.53. The Kier molecular flexibility index (Phi) is 8.03. The van der Waals surface area contributed by atoms with Crippen molar-refractivity contribution in [2.75, 3.05) is 30.4 Å². The summed E-state index contributed by atoms with van der Waals surface area (Å²) in [6.45, 7) is -0.907. The fourth-order valence-corrected chi connectivity index (χ4v) is 7.17. The maximum atomic E-state index is 13.0. The van der Waals surface area contributed by atoms with E-state index in [2.05, 4.69) is 40.2 Å². The Morgan fingerprint density at radius 2 is 2.05 bits per heavy atom. The van der Waals surface area contributed by atoms with Crippen molar-refractivity contribution in [1.82, 2.24) is 39.8 Å². The van der Waals surface area contributed by atoms with Crippen molar-refractivity contribution >= 4 is 69.7 Å². The zero-order chi connectivity index (χ0) is 29.1. The van der Waals surface area contributed by atoms with Gasteiger partial charge in [-0.1, -0.05) is 35.1 Å². The number of aromatic nitrogens is 6. The summed E-state index contributed by atoms with van der Waals surface area (Å²) >= 11 is 3.16. The smallest absolute Gasteiger partial charge is 0.344 e. The lowest BCUT2D eigenvalue weighted by Gasteiger charge is -2.53. The molecule has 0 radical (unpaired) electrons. The van der Waals surface area contributed by atoms with Gasteiger partial charge in [-0.15, -0.1) is 16.9 Å². The number of fused-ring (bicyclic) bond motifs is 1. The van der Waals surface area contributed by atoms with Crippen LogP contribution >= 0.6 is 35.1 Å². The van der Waals surface area contributed by atoms with Crippen molar-refractivity contribution in [3.8, 4) is 5.69 Å². The largest absolute Gasteiger partial charge is 0.481 e. The molecule has 2 aliphatic rings. The number of aliphatic carboxylic acids is 2. The Bertz CT molecular complexity index is 1520. The highest BCUT2D eigenvalue weighted by molar-refractivity contribution is 8.00. The second kappa shape index (κ2) is 11.7. The Balaban J connectivity index is 1.26. The minimum Gasteiger partial charge on any atom is -0.481 e. The van der Waals surface area contributed by atoms with E-state index < -0.39 is 52.9 Å². The zero-order valence-electron chi connectivity index (χ0n) is 20.7. The zero-order valence-corrected chi connectivity index (χ0v) is 23.1. The molecule has 2 aromatic heterocycles. The molecule has 17 nitrogen and oxygen atoms in total. The molecule has 5 rings (SSSR count). The molecule has 214 valence electrons. The van der Waals surface area contributed by atoms with Crippen LogP contribution in [0.2, 0.25) is 0 Å². The summed E-state index contributed by atoms with van der Waals surface area (Å²) in [6, 6.07) is 8.15. The standard InChI is InChI=1S/C21H20N10O7S3/c22-19-24-14(27-41-19)12(26-38-6-11(32)33)15(34)23-13-16(35)30-7-21(18(36)37,8-39-17(13)30)9-40-20-25-28-29-31(20)10-4-2-1-3-5-10/h1-5,13,17H,6-9H2,(H,23,34)(H,32,33)(H,36,37)(H2,22,24,27)/t13?,17-,21?/m1/s1. The lowest BCUT2D eigenvalue weighted by atomic mass is 9.89. The molecule has 2 fully saturated rings. The van der Waals surface area contributed by atoms with Gasteiger partial charge in [-0.05, 0) is 22.6 Å². The van der Waals surface area contributed by atoms with Gasteiger partial charge in [0.2, 0.25) is 29.2 Å². The van der Waals surface area contributed by atoms with Crippen LogP contribution in [0.1, 0.15) is 5.82 Å². The predicted molar refractivity (Wildman–Crippen MR) is 144 cm³/mol. The number of carboxylic acids is 2. The van der Waals surface area contributed by atoms with Crippen LogP contribution in [0.15, 0.2) is 40.6 Å². The molecule has 5 N–H and O–H groups in total. The van der Waals surface area contributed by atoms with E-state index in [1.165, 1.54) is 33.1 Å². The maximum absolute atomic E-state index is 13.0. The Hall–Kier alpha value is -4.30. The molecule has 0 bridgehead atoms. The number of hydrogen-bond acceptors (Lipinski definition) is 15. The second-order valence-corrected chi connectivity index (χ2v) is 11.6. The number of nitrogens with two attached hydrogens (primary N) is 1. The molecule has 0 aliphatic carbocycles. The van der Waals surface area contributed by atoms with E-state index in [1.54, 1.807) is 0 Å². The molecule has 20 heteroatoms. The molecule has 0 saturated carbocycles. The third-order valence-electron chi connectivity index (χ3n) is 6.02. The van der Waals surface area contributed by atoms with Gasteiger partial charge in [0.1, 0.15) is 16.8 Å². The normalized spacial score (nSPS) is 22.0. The number of carboxylic acid groups (broad SMARTS) is 2. The van der Waals surface area contributed by atoms with Crippen molar-refractivity contribution in [1.29, 1.82) is 0 Å². The molecule has 2 saturated heterocycles. The van der Waals surface area contributed by atoms with Crippen LogP contribution < -0.4 is 11.1 Å². The summed E-state index contributed by atoms with van der Waals surface area (Å²) in [5, 5.41) is 36.6. The summed E-state index contributed by atoms with van der Waals surface area (Å²) in [7, 11) is 0. The van der Waals surface area contributed by atoms with Crippen molar-refractivity contribution in [3.05, 3.63) is 36.2 Å². The highest BCUT2D eigenvalue weighted by Crippen LogP contribution is 2.44. The Morgan fingerprint density at radius 1 is 1.27 bits per heavy atom. The van der Waals surface area contributed by atoms with Crippen LogP contribution in [-0.4, -0.2) is 110 Å². The van der Waals surface area contributed by atoms with E-state index in [0.29, 0.717) is 10.8 Å². The van der Waals surface area contributed by atoms with Crippen LogP contribution in [0.3, 0.4) is 0 Å². The first kappa shape index (κ1) is 28.2. The molecule has 2 unspecified atom stereocenters. The van der Waals surface area contributed by atoms with Gasteiger partial charge < -0.3 is 31.0 Å². The number of carbonyl (C=O) groups is 4. The first-order valence-electron chi connectivity index (χ1n) is 11.6. The Morgan fingerprint density at radius 3 is 2.73 bits per heavy atom. The number of carbonyl (C=O) groups excluding carboxylic acids is 2. The minimum absolute atomic E-state index is 0.0353. The predicted octanol–water partition coefficient (Wildman–Crippen LogP) is -0.835. The molecule has 1 aromatic carbocycles. The van der Waals surface area contributed by atoms with E-state index in [4.69, 9.17) is 10.8 Å². The van der Waals surface area contributed by atoms with Crippen LogP contribution in [-0.2, 0) is 24.0 Å². The van der Waals surface area contributed by atoms with Crippen LogP contribution in [0.25, 0.3) is 5.69 Å². The van der Waals surface area contributed by atoms with Gasteiger partial charge in [0, 0.05) is 29.6 Å². The number of benzene rings is 1. The average Bonchev–Trinajstić information content (AvgIpc) is 3.61. The summed E-state index contributed by atoms with van der Waals surface area (Å²) < 4.78 is 5.40. The molecule has 3 aromatic rings. The number of nitrogens with zero attached hydrogens (tertiary/aromatic N) is 8. The number of hydrogen-bond donors (Lipinski definition) is 4.